The Morgan fingerprint density at radius 3 is 2.71 bits per heavy atom. The van der Waals surface area contributed by atoms with Gasteiger partial charge in [-0.2, -0.15) is 5.10 Å². The van der Waals surface area contributed by atoms with Crippen molar-refractivity contribution < 1.29 is 9.13 Å². The molecule has 2 N–H and O–H groups in total. The summed E-state index contributed by atoms with van der Waals surface area (Å²) in [4.78, 5) is 8.63. The van der Waals surface area contributed by atoms with E-state index in [0.717, 1.165) is 17.7 Å². The number of benzene rings is 2. The molecule has 7 nitrogen and oxygen atoms in total. The number of aliphatic imine (C=N–C) groups is 1. The van der Waals surface area contributed by atoms with Gasteiger partial charge in [0.25, 0.3) is 0 Å². The van der Waals surface area contributed by atoms with Crippen LogP contribution in [0.1, 0.15) is 25.0 Å². The maximum Gasteiger partial charge on any atom is 0.191 e. The molecule has 0 saturated carbocycles. The molecule has 3 aromatic rings. The van der Waals surface area contributed by atoms with E-state index in [1.54, 1.807) is 23.1 Å². The predicted octanol–water partition coefficient (Wildman–Crippen LogP) is 3.61. The fraction of sp³-hybridized carbons (Fsp3) is 0.318. The highest BCUT2D eigenvalue weighted by molar-refractivity contribution is 14.0. The summed E-state index contributed by atoms with van der Waals surface area (Å²) in [6.45, 7) is 6.44. The average Bonchev–Trinajstić information content (AvgIpc) is 3.23. The summed E-state index contributed by atoms with van der Waals surface area (Å²) >= 11 is 0. The van der Waals surface area contributed by atoms with E-state index < -0.39 is 0 Å². The second kappa shape index (κ2) is 12.9. The van der Waals surface area contributed by atoms with E-state index in [2.05, 4.69) is 37.8 Å². The lowest BCUT2D eigenvalue weighted by atomic mass is 10.1. The second-order valence-corrected chi connectivity index (χ2v) is 6.87. The molecular formula is C22H28FIN6O. The first-order valence-electron chi connectivity index (χ1n) is 9.97. The Labute approximate surface area is 199 Å². The molecule has 0 amide bonds. The van der Waals surface area contributed by atoms with Crippen LogP contribution in [0.2, 0.25) is 0 Å². The fourth-order valence-corrected chi connectivity index (χ4v) is 2.89. The van der Waals surface area contributed by atoms with Crippen molar-refractivity contribution in [2.24, 2.45) is 4.99 Å². The van der Waals surface area contributed by atoms with E-state index in [1.165, 1.54) is 18.5 Å². The first-order valence-corrected chi connectivity index (χ1v) is 9.97. The third-order valence-electron chi connectivity index (χ3n) is 4.26. The Morgan fingerprint density at radius 2 is 1.97 bits per heavy atom. The van der Waals surface area contributed by atoms with Crippen molar-refractivity contribution in [2.75, 3.05) is 13.1 Å². The van der Waals surface area contributed by atoms with Crippen molar-refractivity contribution >= 4 is 29.9 Å². The summed E-state index contributed by atoms with van der Waals surface area (Å²) in [7, 11) is 0. The summed E-state index contributed by atoms with van der Waals surface area (Å²) in [6.07, 6.45) is 3.08. The zero-order valence-corrected chi connectivity index (χ0v) is 20.0. The molecule has 31 heavy (non-hydrogen) atoms. The van der Waals surface area contributed by atoms with Gasteiger partial charge in [-0.3, -0.25) is 0 Å². The van der Waals surface area contributed by atoms with Gasteiger partial charge in [0.2, 0.25) is 0 Å². The maximum absolute atomic E-state index is 13.3. The Balaban J connectivity index is 0.00000341. The number of hydrogen-bond acceptors (Lipinski definition) is 4. The number of rotatable bonds is 9. The lowest BCUT2D eigenvalue weighted by molar-refractivity contribution is 0.223. The number of nitrogens with zero attached hydrogens (tertiary/aromatic N) is 4. The van der Waals surface area contributed by atoms with Crippen LogP contribution in [-0.2, 0) is 13.1 Å². The van der Waals surface area contributed by atoms with Crippen LogP contribution in [0.15, 0.2) is 66.2 Å². The van der Waals surface area contributed by atoms with E-state index in [-0.39, 0.29) is 35.9 Å². The minimum absolute atomic E-state index is 0. The molecule has 0 fully saturated rings. The highest BCUT2D eigenvalue weighted by Crippen LogP contribution is 2.13. The van der Waals surface area contributed by atoms with Crippen molar-refractivity contribution in [1.29, 1.82) is 0 Å². The van der Waals surface area contributed by atoms with Crippen molar-refractivity contribution in [3.8, 4) is 5.75 Å². The van der Waals surface area contributed by atoms with Gasteiger partial charge in [0.05, 0.1) is 19.6 Å². The normalized spacial score (nSPS) is 12.0. The molecule has 3 rings (SSSR count). The average molecular weight is 538 g/mol. The molecular weight excluding hydrogens is 510 g/mol. The third-order valence-corrected chi connectivity index (χ3v) is 4.26. The molecule has 9 heteroatoms. The lowest BCUT2D eigenvalue weighted by Gasteiger charge is -2.17. The first kappa shape index (κ1) is 24.6. The topological polar surface area (TPSA) is 76.4 Å². The number of hydrogen-bond donors (Lipinski definition) is 2. The molecule has 0 aliphatic carbocycles. The largest absolute Gasteiger partial charge is 0.489 e. The molecule has 0 saturated heterocycles. The smallest absolute Gasteiger partial charge is 0.191 e. The van der Waals surface area contributed by atoms with Gasteiger partial charge < -0.3 is 15.4 Å². The monoisotopic (exact) mass is 538 g/mol. The number of ether oxygens (including phenoxy) is 1. The van der Waals surface area contributed by atoms with Crippen molar-refractivity contribution in [1.82, 2.24) is 25.4 Å². The van der Waals surface area contributed by atoms with E-state index in [0.29, 0.717) is 31.3 Å². The molecule has 0 spiro atoms. The third kappa shape index (κ3) is 8.52. The molecule has 1 unspecified atom stereocenters. The molecule has 0 aliphatic rings. The van der Waals surface area contributed by atoms with E-state index in [4.69, 9.17) is 4.74 Å². The number of aromatic nitrogens is 3. The zero-order chi connectivity index (χ0) is 21.2. The van der Waals surface area contributed by atoms with Crippen LogP contribution in [0.4, 0.5) is 4.39 Å². The standard InChI is InChI=1S/C22H27FN6O.HI/c1-3-25-22(26-12-17(2)30-21-9-5-8-20(23)11-21)27-13-18-6-4-7-19(10-18)14-29-16-24-15-28-29;/h4-11,15-17H,3,12-14H2,1-2H3,(H2,25,26,27);1H. The highest BCUT2D eigenvalue weighted by atomic mass is 127. The number of nitrogens with one attached hydrogen (secondary N) is 2. The molecule has 0 bridgehead atoms. The minimum Gasteiger partial charge on any atom is -0.489 e. The van der Waals surface area contributed by atoms with Crippen LogP contribution in [0.25, 0.3) is 0 Å². The summed E-state index contributed by atoms with van der Waals surface area (Å²) in [5, 5.41) is 10.6. The maximum atomic E-state index is 13.3. The van der Waals surface area contributed by atoms with Gasteiger partial charge in [-0.05, 0) is 37.1 Å². The van der Waals surface area contributed by atoms with Crippen LogP contribution in [-0.4, -0.2) is 39.9 Å². The molecule has 0 aliphatic heterocycles. The number of guanidine groups is 1. The van der Waals surface area contributed by atoms with E-state index in [9.17, 15) is 4.39 Å². The second-order valence-electron chi connectivity index (χ2n) is 6.87. The molecule has 1 atom stereocenters. The molecule has 166 valence electrons. The van der Waals surface area contributed by atoms with E-state index in [1.807, 2.05) is 26.0 Å². The van der Waals surface area contributed by atoms with Crippen LogP contribution in [0.5, 0.6) is 5.75 Å². The van der Waals surface area contributed by atoms with Crippen LogP contribution in [0.3, 0.4) is 0 Å². The van der Waals surface area contributed by atoms with Gasteiger partial charge in [0.1, 0.15) is 30.3 Å². The van der Waals surface area contributed by atoms with Crippen molar-refractivity contribution in [3.63, 3.8) is 0 Å². The Morgan fingerprint density at radius 1 is 1.16 bits per heavy atom. The Hall–Kier alpha value is -2.69. The summed E-state index contributed by atoms with van der Waals surface area (Å²) in [6, 6.07) is 14.4. The highest BCUT2D eigenvalue weighted by Gasteiger charge is 2.07. The Bertz CT molecular complexity index is 951. The summed E-state index contributed by atoms with van der Waals surface area (Å²) < 4.78 is 20.8. The molecule has 2 aromatic carbocycles. The minimum atomic E-state index is -0.311. The quantitative estimate of drug-likeness (QED) is 0.248. The lowest BCUT2D eigenvalue weighted by Crippen LogP contribution is -2.41. The van der Waals surface area contributed by atoms with Gasteiger partial charge in [-0.15, -0.1) is 24.0 Å². The van der Waals surface area contributed by atoms with Gasteiger partial charge in [-0.1, -0.05) is 30.3 Å². The fourth-order valence-electron chi connectivity index (χ4n) is 2.89. The van der Waals surface area contributed by atoms with Gasteiger partial charge in [0.15, 0.2) is 5.96 Å². The first-order chi connectivity index (χ1) is 14.6. The van der Waals surface area contributed by atoms with Gasteiger partial charge in [-0.25, -0.2) is 19.0 Å². The van der Waals surface area contributed by atoms with Crippen LogP contribution in [0, 0.1) is 5.82 Å². The Kier molecular flexibility index (Phi) is 10.2. The van der Waals surface area contributed by atoms with E-state index >= 15 is 0 Å². The molecule has 0 radical (unpaired) electrons. The van der Waals surface area contributed by atoms with Crippen LogP contribution < -0.4 is 15.4 Å². The van der Waals surface area contributed by atoms with Gasteiger partial charge in [0, 0.05) is 12.6 Å². The number of halogens is 2. The van der Waals surface area contributed by atoms with Crippen molar-refractivity contribution in [2.45, 2.75) is 33.0 Å². The summed E-state index contributed by atoms with van der Waals surface area (Å²) in [5.41, 5.74) is 2.25. The predicted molar refractivity (Wildman–Crippen MR) is 130 cm³/mol. The van der Waals surface area contributed by atoms with Crippen LogP contribution >= 0.6 is 24.0 Å². The molecule has 1 heterocycles. The summed E-state index contributed by atoms with van der Waals surface area (Å²) in [5.74, 6) is 0.901. The zero-order valence-electron chi connectivity index (χ0n) is 17.7. The SMILES string of the molecule is CCNC(=NCc1cccc(Cn2cncn2)c1)NCC(C)Oc1cccc(F)c1.I. The van der Waals surface area contributed by atoms with Crippen molar-refractivity contribution in [3.05, 3.63) is 78.1 Å². The molecule has 1 aromatic heterocycles. The van der Waals surface area contributed by atoms with Gasteiger partial charge >= 0.3 is 0 Å².